The molecule has 4 nitrogen and oxygen atoms in total. The number of pyridine rings is 1. The third-order valence-corrected chi connectivity index (χ3v) is 4.38. The summed E-state index contributed by atoms with van der Waals surface area (Å²) < 4.78 is 2.16. The summed E-state index contributed by atoms with van der Waals surface area (Å²) in [4.78, 5) is 16.8. The Morgan fingerprint density at radius 2 is 1.92 bits per heavy atom. The molecule has 0 aliphatic heterocycles. The monoisotopic (exact) mass is 321 g/mol. The van der Waals surface area contributed by atoms with Crippen LogP contribution in [0.4, 0.5) is 0 Å². The Balaban J connectivity index is 1.92. The van der Waals surface area contributed by atoms with Crippen molar-refractivity contribution in [2.75, 3.05) is 0 Å². The lowest BCUT2D eigenvalue weighted by Gasteiger charge is -2.11. The molecule has 0 unspecified atom stereocenters. The van der Waals surface area contributed by atoms with Gasteiger partial charge < -0.3 is 9.88 Å². The fourth-order valence-corrected chi connectivity index (χ4v) is 3.08. The zero-order valence-electron chi connectivity index (χ0n) is 14.2. The number of carbonyl (C=O) groups is 1. The molecule has 0 bridgehead atoms. The van der Waals surface area contributed by atoms with Crippen molar-refractivity contribution in [2.45, 2.75) is 39.8 Å². The highest BCUT2D eigenvalue weighted by Crippen LogP contribution is 2.26. The molecular formula is C20H23N3O. The number of unbranched alkanes of at least 4 members (excludes halogenated alkanes) is 1. The Morgan fingerprint density at radius 3 is 2.67 bits per heavy atom. The number of fused-ring (bicyclic) bond motifs is 1. The summed E-state index contributed by atoms with van der Waals surface area (Å²) in [6.07, 6.45) is 5.64. The number of benzene rings is 1. The molecule has 1 amide bonds. The van der Waals surface area contributed by atoms with Crippen LogP contribution in [0.3, 0.4) is 0 Å². The van der Waals surface area contributed by atoms with Gasteiger partial charge in [0.1, 0.15) is 5.69 Å². The van der Waals surface area contributed by atoms with Crippen LogP contribution in [0, 0.1) is 6.92 Å². The molecule has 1 N–H and O–H groups in total. The quantitative estimate of drug-likeness (QED) is 0.744. The molecule has 0 saturated heterocycles. The molecule has 0 fully saturated rings. The maximum atomic E-state index is 12.8. The van der Waals surface area contributed by atoms with Crippen molar-refractivity contribution in [3.05, 3.63) is 65.6 Å². The molecule has 0 radical (unpaired) electrons. The Bertz CT molecular complexity index is 837. The second-order valence-corrected chi connectivity index (χ2v) is 6.03. The zero-order chi connectivity index (χ0) is 16.9. The van der Waals surface area contributed by atoms with Gasteiger partial charge in [-0.15, -0.1) is 0 Å². The maximum absolute atomic E-state index is 12.8. The van der Waals surface area contributed by atoms with E-state index in [1.165, 1.54) is 0 Å². The fraction of sp³-hybridized carbons (Fsp3) is 0.300. The normalized spacial score (nSPS) is 10.9. The predicted octanol–water partition coefficient (Wildman–Crippen LogP) is 4.07. The van der Waals surface area contributed by atoms with Crippen molar-refractivity contribution < 1.29 is 4.79 Å². The summed E-state index contributed by atoms with van der Waals surface area (Å²) in [5, 5.41) is 4.20. The smallest absolute Gasteiger partial charge is 0.268 e. The molecule has 3 aromatic rings. The summed E-state index contributed by atoms with van der Waals surface area (Å²) in [5.41, 5.74) is 4.01. The first-order chi connectivity index (χ1) is 11.7. The van der Waals surface area contributed by atoms with E-state index in [1.54, 1.807) is 12.4 Å². The van der Waals surface area contributed by atoms with Gasteiger partial charge in [-0.2, -0.15) is 0 Å². The van der Waals surface area contributed by atoms with E-state index in [9.17, 15) is 4.79 Å². The van der Waals surface area contributed by atoms with Gasteiger partial charge in [0.2, 0.25) is 0 Å². The largest absolute Gasteiger partial charge is 0.347 e. The van der Waals surface area contributed by atoms with Gasteiger partial charge in [-0.1, -0.05) is 31.5 Å². The third kappa shape index (κ3) is 3.18. The van der Waals surface area contributed by atoms with Crippen molar-refractivity contribution in [1.29, 1.82) is 0 Å². The van der Waals surface area contributed by atoms with Crippen LogP contribution in [0.25, 0.3) is 10.9 Å². The number of amides is 1. The lowest BCUT2D eigenvalue weighted by molar-refractivity contribution is 0.0941. The highest BCUT2D eigenvalue weighted by molar-refractivity contribution is 6.01. The zero-order valence-corrected chi connectivity index (χ0v) is 14.2. The third-order valence-electron chi connectivity index (χ3n) is 4.38. The first kappa shape index (κ1) is 16.2. The van der Waals surface area contributed by atoms with Gasteiger partial charge in [0.15, 0.2) is 0 Å². The van der Waals surface area contributed by atoms with E-state index >= 15 is 0 Å². The number of aryl methyl sites for hydroxylation is 2. The van der Waals surface area contributed by atoms with Gasteiger partial charge in [-0.3, -0.25) is 9.78 Å². The molecule has 4 heteroatoms. The van der Waals surface area contributed by atoms with Gasteiger partial charge in [0.25, 0.3) is 5.91 Å². The maximum Gasteiger partial charge on any atom is 0.268 e. The van der Waals surface area contributed by atoms with Crippen LogP contribution in [-0.2, 0) is 13.1 Å². The van der Waals surface area contributed by atoms with E-state index < -0.39 is 0 Å². The molecule has 0 atom stereocenters. The van der Waals surface area contributed by atoms with E-state index in [4.69, 9.17) is 0 Å². The molecule has 0 aliphatic rings. The summed E-state index contributed by atoms with van der Waals surface area (Å²) in [6.45, 7) is 5.58. The molecule has 124 valence electrons. The number of nitrogens with zero attached hydrogens (tertiary/aromatic N) is 2. The topological polar surface area (TPSA) is 46.9 Å². The Hall–Kier alpha value is -2.62. The van der Waals surface area contributed by atoms with Crippen LogP contribution >= 0.6 is 0 Å². The van der Waals surface area contributed by atoms with E-state index in [0.717, 1.165) is 47.1 Å². The van der Waals surface area contributed by atoms with Crippen LogP contribution in [-0.4, -0.2) is 15.5 Å². The van der Waals surface area contributed by atoms with Crippen LogP contribution in [0.5, 0.6) is 0 Å². The number of rotatable bonds is 6. The van der Waals surface area contributed by atoms with Crippen molar-refractivity contribution in [3.63, 3.8) is 0 Å². The average Bonchev–Trinajstić information content (AvgIpc) is 2.91. The second-order valence-electron chi connectivity index (χ2n) is 6.03. The lowest BCUT2D eigenvalue weighted by atomic mass is 10.1. The van der Waals surface area contributed by atoms with E-state index in [0.29, 0.717) is 6.54 Å². The Labute approximate surface area is 142 Å². The standard InChI is InChI=1S/C20H23N3O/c1-3-4-13-23-18-8-6-5-7-17(18)15(2)19(23)20(24)22-14-16-9-11-21-12-10-16/h5-12H,3-4,13-14H2,1-2H3,(H,22,24). The number of aromatic nitrogens is 2. The second kappa shape index (κ2) is 7.30. The van der Waals surface area contributed by atoms with Gasteiger partial charge in [0.05, 0.1) is 0 Å². The number of hydrogen-bond acceptors (Lipinski definition) is 2. The summed E-state index contributed by atoms with van der Waals surface area (Å²) in [7, 11) is 0. The van der Waals surface area contributed by atoms with E-state index in [1.807, 2.05) is 31.2 Å². The highest BCUT2D eigenvalue weighted by atomic mass is 16.1. The molecule has 1 aromatic carbocycles. The van der Waals surface area contributed by atoms with Crippen LogP contribution in [0.2, 0.25) is 0 Å². The van der Waals surface area contributed by atoms with Gasteiger partial charge in [-0.25, -0.2) is 0 Å². The highest BCUT2D eigenvalue weighted by Gasteiger charge is 2.19. The molecule has 2 aromatic heterocycles. The SMILES string of the molecule is CCCCn1c(C(=O)NCc2ccncc2)c(C)c2ccccc21. The number of nitrogens with one attached hydrogen (secondary N) is 1. The molecular weight excluding hydrogens is 298 g/mol. The lowest BCUT2D eigenvalue weighted by Crippen LogP contribution is -2.26. The van der Waals surface area contributed by atoms with Crippen LogP contribution in [0.15, 0.2) is 48.8 Å². The Kier molecular flexibility index (Phi) is 4.94. The summed E-state index contributed by atoms with van der Waals surface area (Å²) >= 11 is 0. The predicted molar refractivity (Wildman–Crippen MR) is 97.0 cm³/mol. The van der Waals surface area contributed by atoms with Gasteiger partial charge in [-0.05, 0) is 42.7 Å². The molecule has 2 heterocycles. The fourth-order valence-electron chi connectivity index (χ4n) is 3.08. The first-order valence-electron chi connectivity index (χ1n) is 8.47. The van der Waals surface area contributed by atoms with E-state index in [2.05, 4.69) is 33.9 Å². The number of hydrogen-bond donors (Lipinski definition) is 1. The summed E-state index contributed by atoms with van der Waals surface area (Å²) in [6, 6.07) is 12.1. The minimum absolute atomic E-state index is 0.0170. The number of para-hydroxylation sites is 1. The Morgan fingerprint density at radius 1 is 1.17 bits per heavy atom. The van der Waals surface area contributed by atoms with Crippen LogP contribution < -0.4 is 5.32 Å². The van der Waals surface area contributed by atoms with Gasteiger partial charge in [0, 0.05) is 36.4 Å². The molecule has 3 rings (SSSR count). The molecule has 0 spiro atoms. The van der Waals surface area contributed by atoms with Crippen molar-refractivity contribution in [3.8, 4) is 0 Å². The minimum Gasteiger partial charge on any atom is -0.347 e. The van der Waals surface area contributed by atoms with E-state index in [-0.39, 0.29) is 5.91 Å². The van der Waals surface area contributed by atoms with Crippen molar-refractivity contribution in [1.82, 2.24) is 14.9 Å². The summed E-state index contributed by atoms with van der Waals surface area (Å²) in [5.74, 6) is -0.0170. The minimum atomic E-state index is -0.0170. The van der Waals surface area contributed by atoms with Crippen molar-refractivity contribution >= 4 is 16.8 Å². The molecule has 24 heavy (non-hydrogen) atoms. The van der Waals surface area contributed by atoms with Crippen LogP contribution in [0.1, 0.15) is 41.4 Å². The van der Waals surface area contributed by atoms with Crippen molar-refractivity contribution in [2.24, 2.45) is 0 Å². The average molecular weight is 321 g/mol. The molecule has 0 saturated carbocycles. The number of carbonyl (C=O) groups excluding carboxylic acids is 1. The first-order valence-corrected chi connectivity index (χ1v) is 8.47. The van der Waals surface area contributed by atoms with Gasteiger partial charge >= 0.3 is 0 Å². The molecule has 0 aliphatic carbocycles.